The van der Waals surface area contributed by atoms with Crippen molar-refractivity contribution in [3.05, 3.63) is 24.8 Å². The van der Waals surface area contributed by atoms with E-state index in [4.69, 9.17) is 0 Å². The molecule has 0 fully saturated rings. The molecule has 0 saturated heterocycles. The molecule has 0 aromatic rings. The van der Waals surface area contributed by atoms with Crippen LogP contribution in [0, 0.1) is 5.92 Å². The highest BCUT2D eigenvalue weighted by atomic mass is 14.0. The maximum Gasteiger partial charge on any atom is -0.0262 e. The summed E-state index contributed by atoms with van der Waals surface area (Å²) in [5, 5.41) is 0. The van der Waals surface area contributed by atoms with Crippen LogP contribution in [-0.2, 0) is 0 Å². The van der Waals surface area contributed by atoms with Crippen molar-refractivity contribution in [3.8, 4) is 0 Å². The van der Waals surface area contributed by atoms with E-state index in [2.05, 4.69) is 32.6 Å². The molecular formula is C10H18. The average molecular weight is 138 g/mol. The molecule has 0 amide bonds. The number of rotatable bonds is 5. The van der Waals surface area contributed by atoms with Crippen LogP contribution in [0.15, 0.2) is 24.8 Å². The normalized spacial score (nSPS) is 13.8. The first-order chi connectivity index (χ1) is 4.81. The molecule has 0 aliphatic carbocycles. The van der Waals surface area contributed by atoms with Crippen LogP contribution in [0.25, 0.3) is 0 Å². The van der Waals surface area contributed by atoms with E-state index in [1.165, 1.54) is 12.8 Å². The molecule has 1 atom stereocenters. The molecule has 0 aromatic carbocycles. The summed E-state index contributed by atoms with van der Waals surface area (Å²) in [6, 6.07) is 0. The smallest absolute Gasteiger partial charge is 0.0262 e. The summed E-state index contributed by atoms with van der Waals surface area (Å²) in [5.41, 5.74) is 0. The Morgan fingerprint density at radius 2 is 2.10 bits per heavy atom. The van der Waals surface area contributed by atoms with Crippen LogP contribution in [0.4, 0.5) is 0 Å². The predicted molar refractivity (Wildman–Crippen MR) is 48.0 cm³/mol. The molecule has 0 heteroatoms. The van der Waals surface area contributed by atoms with Crippen molar-refractivity contribution in [1.29, 1.82) is 0 Å². The lowest BCUT2D eigenvalue weighted by molar-refractivity contribution is 0.658. The molecule has 0 radical (unpaired) electrons. The van der Waals surface area contributed by atoms with Gasteiger partial charge in [-0.15, -0.1) is 6.58 Å². The van der Waals surface area contributed by atoms with Gasteiger partial charge in [0, 0.05) is 0 Å². The van der Waals surface area contributed by atoms with Gasteiger partial charge in [0.1, 0.15) is 0 Å². The van der Waals surface area contributed by atoms with Gasteiger partial charge in [-0.3, -0.25) is 0 Å². The zero-order chi connectivity index (χ0) is 7.82. The van der Waals surface area contributed by atoms with E-state index in [-0.39, 0.29) is 0 Å². The van der Waals surface area contributed by atoms with Crippen molar-refractivity contribution in [2.45, 2.75) is 33.1 Å². The first-order valence-corrected chi connectivity index (χ1v) is 4.08. The van der Waals surface area contributed by atoms with Gasteiger partial charge in [0.2, 0.25) is 0 Å². The van der Waals surface area contributed by atoms with E-state index in [9.17, 15) is 0 Å². The van der Waals surface area contributed by atoms with Crippen molar-refractivity contribution in [2.24, 2.45) is 5.92 Å². The molecule has 0 rings (SSSR count). The summed E-state index contributed by atoms with van der Waals surface area (Å²) in [5.74, 6) is 0.668. The van der Waals surface area contributed by atoms with Crippen LogP contribution in [0.5, 0.6) is 0 Å². The van der Waals surface area contributed by atoms with Gasteiger partial charge in [-0.25, -0.2) is 0 Å². The van der Waals surface area contributed by atoms with Crippen LogP contribution in [0.3, 0.4) is 0 Å². The van der Waals surface area contributed by atoms with Gasteiger partial charge in [-0.2, -0.15) is 0 Å². The predicted octanol–water partition coefficient (Wildman–Crippen LogP) is 3.55. The maximum absolute atomic E-state index is 3.74. The average Bonchev–Trinajstić information content (AvgIpc) is 1.98. The summed E-state index contributed by atoms with van der Waals surface area (Å²) < 4.78 is 0. The Bertz CT molecular complexity index is 101. The topological polar surface area (TPSA) is 0 Å². The van der Waals surface area contributed by atoms with E-state index in [1.807, 2.05) is 6.08 Å². The first-order valence-electron chi connectivity index (χ1n) is 4.08. The molecule has 0 saturated carbocycles. The molecule has 0 N–H and O–H groups in total. The molecule has 0 spiro atoms. The third kappa shape index (κ3) is 5.61. The molecular weight excluding hydrogens is 120 g/mol. The van der Waals surface area contributed by atoms with Gasteiger partial charge in [0.25, 0.3) is 0 Å². The van der Waals surface area contributed by atoms with E-state index < -0.39 is 0 Å². The lowest BCUT2D eigenvalue weighted by atomic mass is 10.1. The summed E-state index contributed by atoms with van der Waals surface area (Å²) >= 11 is 0. The highest BCUT2D eigenvalue weighted by Gasteiger charge is 1.91. The van der Waals surface area contributed by atoms with Crippen LogP contribution < -0.4 is 0 Å². The van der Waals surface area contributed by atoms with Crippen molar-refractivity contribution >= 4 is 0 Å². The zero-order valence-corrected chi connectivity index (χ0v) is 7.14. The Balaban J connectivity index is 3.18. The molecule has 1 unspecified atom stereocenters. The first kappa shape index (κ1) is 9.48. The molecule has 0 bridgehead atoms. The van der Waals surface area contributed by atoms with Gasteiger partial charge in [0.05, 0.1) is 0 Å². The summed E-state index contributed by atoms with van der Waals surface area (Å²) in [6.07, 6.45) is 10.1. The largest absolute Gasteiger partial charge is 0.103 e. The van der Waals surface area contributed by atoms with Crippen LogP contribution in [-0.4, -0.2) is 0 Å². The third-order valence-electron chi connectivity index (χ3n) is 1.59. The van der Waals surface area contributed by atoms with Gasteiger partial charge in [-0.05, 0) is 25.2 Å². The van der Waals surface area contributed by atoms with E-state index in [0.717, 1.165) is 6.42 Å². The summed E-state index contributed by atoms with van der Waals surface area (Å²) in [7, 11) is 0. The van der Waals surface area contributed by atoms with Gasteiger partial charge in [-0.1, -0.05) is 32.1 Å². The van der Waals surface area contributed by atoms with E-state index in [1.54, 1.807) is 0 Å². The van der Waals surface area contributed by atoms with Crippen LogP contribution in [0.2, 0.25) is 0 Å². The Labute approximate surface area is 64.6 Å². The zero-order valence-electron chi connectivity index (χ0n) is 7.14. The molecule has 58 valence electrons. The second-order valence-electron chi connectivity index (χ2n) is 2.67. The SMILES string of the molecule is C=CC(C)CC/C=C/CC. The van der Waals surface area contributed by atoms with Crippen LogP contribution in [0.1, 0.15) is 33.1 Å². The maximum atomic E-state index is 3.74. The quantitative estimate of drug-likeness (QED) is 0.510. The van der Waals surface area contributed by atoms with Crippen molar-refractivity contribution < 1.29 is 0 Å². The molecule has 0 heterocycles. The van der Waals surface area contributed by atoms with Crippen molar-refractivity contribution in [1.82, 2.24) is 0 Å². The van der Waals surface area contributed by atoms with Crippen molar-refractivity contribution in [2.75, 3.05) is 0 Å². The monoisotopic (exact) mass is 138 g/mol. The van der Waals surface area contributed by atoms with Crippen molar-refractivity contribution in [3.63, 3.8) is 0 Å². The molecule has 0 nitrogen and oxygen atoms in total. The number of hydrogen-bond donors (Lipinski definition) is 0. The molecule has 0 aliphatic rings. The Morgan fingerprint density at radius 3 is 2.60 bits per heavy atom. The summed E-state index contributed by atoms with van der Waals surface area (Å²) in [6.45, 7) is 8.10. The van der Waals surface area contributed by atoms with Gasteiger partial charge < -0.3 is 0 Å². The fraction of sp³-hybridized carbons (Fsp3) is 0.600. The molecule has 10 heavy (non-hydrogen) atoms. The van der Waals surface area contributed by atoms with E-state index >= 15 is 0 Å². The highest BCUT2D eigenvalue weighted by molar-refractivity contribution is 4.83. The standard InChI is InChI=1S/C10H18/c1-4-6-7-8-9-10(3)5-2/h5-7,10H,2,4,8-9H2,1,3H3/b7-6+. The summed E-state index contributed by atoms with van der Waals surface area (Å²) in [4.78, 5) is 0. The number of allylic oxidation sites excluding steroid dienone is 3. The Kier molecular flexibility index (Phi) is 6.25. The minimum absolute atomic E-state index is 0.668. The number of hydrogen-bond acceptors (Lipinski definition) is 0. The highest BCUT2D eigenvalue weighted by Crippen LogP contribution is 2.06. The van der Waals surface area contributed by atoms with Crippen LogP contribution >= 0.6 is 0 Å². The minimum Gasteiger partial charge on any atom is -0.103 e. The minimum atomic E-state index is 0.668. The lowest BCUT2D eigenvalue weighted by Gasteiger charge is -2.00. The molecule has 0 aromatic heterocycles. The van der Waals surface area contributed by atoms with Gasteiger partial charge >= 0.3 is 0 Å². The second-order valence-corrected chi connectivity index (χ2v) is 2.67. The van der Waals surface area contributed by atoms with E-state index in [0.29, 0.717) is 5.92 Å². The third-order valence-corrected chi connectivity index (χ3v) is 1.59. The van der Waals surface area contributed by atoms with Gasteiger partial charge in [0.15, 0.2) is 0 Å². The second kappa shape index (κ2) is 6.60. The lowest BCUT2D eigenvalue weighted by Crippen LogP contribution is -1.85. The Morgan fingerprint density at radius 1 is 1.40 bits per heavy atom. The molecule has 0 aliphatic heterocycles. The fourth-order valence-electron chi connectivity index (χ4n) is 0.761. The Hall–Kier alpha value is -0.520. The fourth-order valence-corrected chi connectivity index (χ4v) is 0.761.